The van der Waals surface area contributed by atoms with Crippen LogP contribution < -0.4 is 5.32 Å². The Labute approximate surface area is 122 Å². The second kappa shape index (κ2) is 5.28. The summed E-state index contributed by atoms with van der Waals surface area (Å²) in [4.78, 5) is 11.9. The van der Waals surface area contributed by atoms with Gasteiger partial charge in [0, 0.05) is 18.8 Å². The summed E-state index contributed by atoms with van der Waals surface area (Å²) in [6, 6.07) is 13.5. The first-order valence-corrected chi connectivity index (χ1v) is 6.72. The number of amides is 1. The molecule has 5 heteroatoms. The maximum atomic E-state index is 11.9. The Hall–Kier alpha value is -2.82. The molecule has 0 aliphatic carbocycles. The predicted molar refractivity (Wildman–Crippen MR) is 81.6 cm³/mol. The molecule has 2 aromatic heterocycles. The number of hydrogen-bond donors (Lipinski definition) is 1. The minimum Gasteiger partial charge on any atom is -0.340 e. The van der Waals surface area contributed by atoms with E-state index < -0.39 is 0 Å². The number of nitrogens with zero attached hydrogens (tertiary/aromatic N) is 3. The van der Waals surface area contributed by atoms with Crippen molar-refractivity contribution in [2.45, 2.75) is 6.92 Å². The molecule has 1 aromatic carbocycles. The third kappa shape index (κ3) is 2.23. The van der Waals surface area contributed by atoms with Crippen LogP contribution in [0.4, 0.5) is 4.79 Å². The molecule has 0 aliphatic rings. The fraction of sp³-hybridized carbons (Fsp3) is 0.125. The lowest BCUT2D eigenvalue weighted by molar-refractivity contribution is 0.245. The van der Waals surface area contributed by atoms with E-state index in [9.17, 15) is 4.79 Å². The van der Waals surface area contributed by atoms with Crippen molar-refractivity contribution in [2.75, 3.05) is 7.05 Å². The van der Waals surface area contributed by atoms with Crippen LogP contribution in [0.15, 0.2) is 54.9 Å². The standard InChI is InChI=1S/C16H16N4O/c1-12-14(15-9-6-10-19(15)16(21)17-2)11-18-20(12)13-7-4-3-5-8-13/h3-11H,1-2H3,(H,17,21). The van der Waals surface area contributed by atoms with Crippen LogP contribution in [-0.2, 0) is 0 Å². The van der Waals surface area contributed by atoms with Gasteiger partial charge in [-0.1, -0.05) is 18.2 Å². The van der Waals surface area contributed by atoms with Gasteiger partial charge in [-0.2, -0.15) is 5.10 Å². The molecular weight excluding hydrogens is 264 g/mol. The molecular formula is C16H16N4O. The van der Waals surface area contributed by atoms with Crippen LogP contribution in [-0.4, -0.2) is 27.4 Å². The van der Waals surface area contributed by atoms with Gasteiger partial charge in [-0.25, -0.2) is 9.48 Å². The molecule has 0 saturated carbocycles. The van der Waals surface area contributed by atoms with E-state index in [1.165, 1.54) is 0 Å². The molecule has 1 N–H and O–H groups in total. The number of nitrogens with one attached hydrogen (secondary N) is 1. The van der Waals surface area contributed by atoms with Crippen molar-refractivity contribution < 1.29 is 4.79 Å². The summed E-state index contributed by atoms with van der Waals surface area (Å²) in [6.45, 7) is 2.00. The van der Waals surface area contributed by atoms with Crippen molar-refractivity contribution >= 4 is 6.03 Å². The van der Waals surface area contributed by atoms with Gasteiger partial charge in [0.1, 0.15) is 0 Å². The molecule has 0 radical (unpaired) electrons. The summed E-state index contributed by atoms with van der Waals surface area (Å²) >= 11 is 0. The second-order valence-electron chi connectivity index (χ2n) is 4.71. The highest BCUT2D eigenvalue weighted by atomic mass is 16.2. The van der Waals surface area contributed by atoms with E-state index >= 15 is 0 Å². The van der Waals surface area contributed by atoms with Crippen LogP contribution >= 0.6 is 0 Å². The molecule has 3 rings (SSSR count). The van der Waals surface area contributed by atoms with E-state index in [4.69, 9.17) is 0 Å². The molecule has 21 heavy (non-hydrogen) atoms. The Morgan fingerprint density at radius 2 is 1.90 bits per heavy atom. The number of hydrogen-bond acceptors (Lipinski definition) is 2. The van der Waals surface area contributed by atoms with Crippen LogP contribution in [0.5, 0.6) is 0 Å². The molecule has 0 spiro atoms. The molecule has 0 bridgehead atoms. The molecule has 0 saturated heterocycles. The SMILES string of the molecule is CNC(=O)n1cccc1-c1cnn(-c2ccccc2)c1C. The number of aromatic nitrogens is 3. The van der Waals surface area contributed by atoms with Gasteiger partial charge in [0.05, 0.1) is 23.3 Å². The average molecular weight is 280 g/mol. The highest BCUT2D eigenvalue weighted by Gasteiger charge is 2.15. The first-order chi connectivity index (χ1) is 10.2. The fourth-order valence-electron chi connectivity index (χ4n) is 2.39. The Morgan fingerprint density at radius 1 is 1.14 bits per heavy atom. The van der Waals surface area contributed by atoms with Gasteiger partial charge >= 0.3 is 6.03 Å². The average Bonchev–Trinajstić information content (AvgIpc) is 3.13. The number of para-hydroxylation sites is 1. The molecule has 0 unspecified atom stereocenters. The van der Waals surface area contributed by atoms with Crippen molar-refractivity contribution in [1.29, 1.82) is 0 Å². The summed E-state index contributed by atoms with van der Waals surface area (Å²) in [5.74, 6) is 0. The molecule has 106 valence electrons. The summed E-state index contributed by atoms with van der Waals surface area (Å²) < 4.78 is 3.45. The van der Waals surface area contributed by atoms with Crippen LogP contribution in [0, 0.1) is 6.92 Å². The summed E-state index contributed by atoms with van der Waals surface area (Å²) in [5, 5.41) is 7.07. The zero-order chi connectivity index (χ0) is 14.8. The van der Waals surface area contributed by atoms with Gasteiger partial charge in [-0.15, -0.1) is 0 Å². The van der Waals surface area contributed by atoms with Gasteiger partial charge in [-0.05, 0) is 31.2 Å². The monoisotopic (exact) mass is 280 g/mol. The highest BCUT2D eigenvalue weighted by Crippen LogP contribution is 2.25. The number of rotatable bonds is 2. The normalized spacial score (nSPS) is 10.6. The van der Waals surface area contributed by atoms with Crippen molar-refractivity contribution in [3.8, 4) is 16.9 Å². The van der Waals surface area contributed by atoms with Gasteiger partial charge in [0.25, 0.3) is 0 Å². The number of carbonyl (C=O) groups is 1. The first kappa shape index (κ1) is 13.2. The van der Waals surface area contributed by atoms with Crippen molar-refractivity contribution in [3.63, 3.8) is 0 Å². The Kier molecular flexibility index (Phi) is 3.31. The third-order valence-electron chi connectivity index (χ3n) is 3.47. The number of benzene rings is 1. The lowest BCUT2D eigenvalue weighted by Gasteiger charge is -2.08. The van der Waals surface area contributed by atoms with Crippen LogP contribution in [0.1, 0.15) is 5.69 Å². The minimum atomic E-state index is -0.165. The van der Waals surface area contributed by atoms with Crippen LogP contribution in [0.25, 0.3) is 16.9 Å². The Bertz CT molecular complexity index is 771. The predicted octanol–water partition coefficient (Wildman–Crippen LogP) is 2.84. The molecule has 1 amide bonds. The fourth-order valence-corrected chi connectivity index (χ4v) is 2.39. The molecule has 2 heterocycles. The second-order valence-corrected chi connectivity index (χ2v) is 4.71. The third-order valence-corrected chi connectivity index (χ3v) is 3.47. The highest BCUT2D eigenvalue weighted by molar-refractivity contribution is 5.82. The van der Waals surface area contributed by atoms with Crippen molar-refractivity contribution in [1.82, 2.24) is 19.7 Å². The van der Waals surface area contributed by atoms with Gasteiger partial charge < -0.3 is 5.32 Å². The number of carbonyl (C=O) groups excluding carboxylic acids is 1. The molecule has 3 aromatic rings. The molecule has 5 nitrogen and oxygen atoms in total. The molecule has 0 aliphatic heterocycles. The minimum absolute atomic E-state index is 0.165. The smallest absolute Gasteiger partial charge is 0.325 e. The summed E-state index contributed by atoms with van der Waals surface area (Å²) in [7, 11) is 1.62. The lowest BCUT2D eigenvalue weighted by Crippen LogP contribution is -2.24. The Balaban J connectivity index is 2.08. The van der Waals surface area contributed by atoms with Crippen LogP contribution in [0.3, 0.4) is 0 Å². The zero-order valence-electron chi connectivity index (χ0n) is 11.9. The van der Waals surface area contributed by atoms with Gasteiger partial charge in [0.2, 0.25) is 0 Å². The van der Waals surface area contributed by atoms with E-state index in [2.05, 4.69) is 10.4 Å². The van der Waals surface area contributed by atoms with E-state index in [1.54, 1.807) is 24.0 Å². The van der Waals surface area contributed by atoms with Gasteiger partial charge in [0.15, 0.2) is 0 Å². The van der Waals surface area contributed by atoms with Crippen LogP contribution in [0.2, 0.25) is 0 Å². The van der Waals surface area contributed by atoms with E-state index in [-0.39, 0.29) is 6.03 Å². The summed E-state index contributed by atoms with van der Waals surface area (Å²) in [6.07, 6.45) is 3.53. The van der Waals surface area contributed by atoms with E-state index in [0.717, 1.165) is 22.6 Å². The lowest BCUT2D eigenvalue weighted by atomic mass is 10.2. The summed E-state index contributed by atoms with van der Waals surface area (Å²) in [5.41, 5.74) is 3.76. The quantitative estimate of drug-likeness (QED) is 0.784. The topological polar surface area (TPSA) is 51.9 Å². The van der Waals surface area contributed by atoms with Gasteiger partial charge in [-0.3, -0.25) is 4.57 Å². The Morgan fingerprint density at radius 3 is 2.62 bits per heavy atom. The maximum absolute atomic E-state index is 11.9. The largest absolute Gasteiger partial charge is 0.340 e. The molecule has 0 fully saturated rings. The van der Waals surface area contributed by atoms with E-state index in [1.807, 2.05) is 54.1 Å². The zero-order valence-corrected chi connectivity index (χ0v) is 11.9. The van der Waals surface area contributed by atoms with Crippen molar-refractivity contribution in [3.05, 3.63) is 60.6 Å². The molecule has 0 atom stereocenters. The van der Waals surface area contributed by atoms with Crippen molar-refractivity contribution in [2.24, 2.45) is 0 Å². The first-order valence-electron chi connectivity index (χ1n) is 6.72. The maximum Gasteiger partial charge on any atom is 0.325 e. The van der Waals surface area contributed by atoms with E-state index in [0.29, 0.717) is 0 Å².